The summed E-state index contributed by atoms with van der Waals surface area (Å²) < 4.78 is 13.3. The lowest BCUT2D eigenvalue weighted by Crippen LogP contribution is -2.57. The van der Waals surface area contributed by atoms with Crippen LogP contribution >= 0.6 is 0 Å². The van der Waals surface area contributed by atoms with Gasteiger partial charge in [0.1, 0.15) is 5.82 Å². The molecule has 1 aromatic rings. The molecule has 5 atom stereocenters. The molecule has 0 spiro atoms. The van der Waals surface area contributed by atoms with Gasteiger partial charge in [-0.15, -0.1) is 0 Å². The van der Waals surface area contributed by atoms with E-state index in [0.717, 1.165) is 30.7 Å². The Morgan fingerprint density at radius 2 is 1.95 bits per heavy atom. The van der Waals surface area contributed by atoms with E-state index in [1.165, 1.54) is 24.1 Å². The molecule has 2 nitrogen and oxygen atoms in total. The first kappa shape index (κ1) is 14.0. The molecule has 0 amide bonds. The zero-order valence-corrected chi connectivity index (χ0v) is 12.6. The molecule has 0 radical (unpaired) electrons. The summed E-state index contributed by atoms with van der Waals surface area (Å²) in [6, 6.07) is 6.53. The number of allylic oxidation sites excluding steroid dienone is 1. The van der Waals surface area contributed by atoms with E-state index in [1.807, 2.05) is 0 Å². The third-order valence-corrected chi connectivity index (χ3v) is 6.52. The quantitative estimate of drug-likeness (QED) is 0.851. The number of carbonyl (C=O) groups is 1. The Bertz CT molecular complexity index is 635. The van der Waals surface area contributed by atoms with E-state index < -0.39 is 5.97 Å². The van der Waals surface area contributed by atoms with E-state index in [4.69, 9.17) is 0 Å². The minimum absolute atomic E-state index is 0.131. The molecule has 4 fully saturated rings. The van der Waals surface area contributed by atoms with Gasteiger partial charge >= 0.3 is 5.97 Å². The first-order valence-electron chi connectivity index (χ1n) is 8.17. The Morgan fingerprint density at radius 1 is 1.23 bits per heavy atom. The lowest BCUT2D eigenvalue weighted by Gasteiger charge is -2.62. The first-order chi connectivity index (χ1) is 10.5. The van der Waals surface area contributed by atoms with Crippen LogP contribution in [0.25, 0.3) is 0 Å². The Morgan fingerprint density at radius 3 is 2.64 bits per heavy atom. The maximum Gasteiger partial charge on any atom is 0.304 e. The number of carboxylic acids is 1. The first-order valence-corrected chi connectivity index (χ1v) is 8.17. The van der Waals surface area contributed by atoms with Crippen LogP contribution in [0, 0.1) is 29.5 Å². The molecule has 4 bridgehead atoms. The number of aliphatic carboxylic acids is 1. The molecule has 1 aromatic carbocycles. The molecule has 0 heterocycles. The predicted molar refractivity (Wildman–Crippen MR) is 81.9 cm³/mol. The third kappa shape index (κ3) is 1.81. The van der Waals surface area contributed by atoms with Crippen LogP contribution in [0.3, 0.4) is 0 Å². The molecule has 3 heteroatoms. The second kappa shape index (κ2) is 4.68. The van der Waals surface area contributed by atoms with Crippen LogP contribution in [0.15, 0.2) is 36.4 Å². The smallest absolute Gasteiger partial charge is 0.304 e. The maximum atomic E-state index is 13.3. The summed E-state index contributed by atoms with van der Waals surface area (Å²) in [5.41, 5.74) is 1.85. The highest BCUT2D eigenvalue weighted by Crippen LogP contribution is 2.65. The summed E-state index contributed by atoms with van der Waals surface area (Å²) in [5, 5.41) is 9.56. The van der Waals surface area contributed by atoms with E-state index in [-0.39, 0.29) is 23.6 Å². The average molecular weight is 300 g/mol. The Kier molecular flexibility index (Phi) is 2.97. The number of rotatable bonds is 3. The van der Waals surface area contributed by atoms with Crippen molar-refractivity contribution in [3.8, 4) is 0 Å². The van der Waals surface area contributed by atoms with Gasteiger partial charge in [0.2, 0.25) is 0 Å². The van der Waals surface area contributed by atoms with E-state index in [2.05, 4.69) is 6.58 Å². The number of carboxylic acid groups (broad SMARTS) is 1. The van der Waals surface area contributed by atoms with Gasteiger partial charge in [-0.2, -0.15) is 0 Å². The maximum absolute atomic E-state index is 13.3. The van der Waals surface area contributed by atoms with Gasteiger partial charge < -0.3 is 5.11 Å². The van der Waals surface area contributed by atoms with Crippen molar-refractivity contribution in [2.75, 3.05) is 0 Å². The van der Waals surface area contributed by atoms with E-state index in [9.17, 15) is 14.3 Å². The van der Waals surface area contributed by atoms with E-state index in [0.29, 0.717) is 11.8 Å². The van der Waals surface area contributed by atoms with E-state index in [1.54, 1.807) is 12.1 Å². The third-order valence-electron chi connectivity index (χ3n) is 6.52. The van der Waals surface area contributed by atoms with Crippen molar-refractivity contribution in [2.45, 2.75) is 37.5 Å². The lowest BCUT2D eigenvalue weighted by molar-refractivity contribution is -0.142. The fraction of sp³-hybridized carbons (Fsp3) is 0.526. The fourth-order valence-electron chi connectivity index (χ4n) is 5.76. The van der Waals surface area contributed by atoms with Gasteiger partial charge in [0.25, 0.3) is 0 Å². The SMILES string of the molecule is C=C1C2CC3CC(C2)[C@@](CC(=O)O)(c2ccc(F)cc2)C1C3. The molecule has 1 N–H and O–H groups in total. The van der Waals surface area contributed by atoms with Crippen LogP contribution in [0.1, 0.15) is 37.7 Å². The van der Waals surface area contributed by atoms with Gasteiger partial charge in [-0.1, -0.05) is 24.3 Å². The largest absolute Gasteiger partial charge is 0.481 e. The number of benzene rings is 1. The topological polar surface area (TPSA) is 37.3 Å². The molecule has 4 saturated carbocycles. The second-order valence-corrected chi connectivity index (χ2v) is 7.45. The van der Waals surface area contributed by atoms with Crippen molar-refractivity contribution in [3.05, 3.63) is 47.8 Å². The van der Waals surface area contributed by atoms with Crippen LogP contribution in [-0.2, 0) is 10.2 Å². The monoisotopic (exact) mass is 300 g/mol. The molecular formula is C19H21FO2. The lowest BCUT2D eigenvalue weighted by atomic mass is 9.42. The standard InChI is InChI=1S/C19H21FO2/c1-11-13-6-12-7-15(9-13)19(10-18(21)22,17(11)8-12)14-2-4-16(20)5-3-14/h2-5,12-13,15,17H,1,6-10H2,(H,21,22)/t12?,13?,15?,17?,19-/m1/s1. The van der Waals surface area contributed by atoms with Gasteiger partial charge in [0.05, 0.1) is 6.42 Å². The molecule has 0 saturated heterocycles. The molecule has 4 aliphatic rings. The summed E-state index contributed by atoms with van der Waals surface area (Å²) in [5.74, 6) is 0.903. The number of hydrogen-bond donors (Lipinski definition) is 1. The van der Waals surface area contributed by atoms with Crippen molar-refractivity contribution in [1.29, 1.82) is 0 Å². The zero-order chi connectivity index (χ0) is 15.5. The summed E-state index contributed by atoms with van der Waals surface area (Å²) in [7, 11) is 0. The van der Waals surface area contributed by atoms with Crippen LogP contribution in [0.4, 0.5) is 4.39 Å². The molecule has 5 rings (SSSR count). The van der Waals surface area contributed by atoms with Crippen molar-refractivity contribution < 1.29 is 14.3 Å². The number of hydrogen-bond acceptors (Lipinski definition) is 1. The van der Waals surface area contributed by atoms with Gasteiger partial charge in [0, 0.05) is 5.41 Å². The zero-order valence-electron chi connectivity index (χ0n) is 12.6. The molecule has 0 aromatic heterocycles. The van der Waals surface area contributed by atoms with Crippen LogP contribution in [-0.4, -0.2) is 11.1 Å². The average Bonchev–Trinajstić information content (AvgIpc) is 2.48. The van der Waals surface area contributed by atoms with Gasteiger partial charge in [0.15, 0.2) is 0 Å². The highest BCUT2D eigenvalue weighted by Gasteiger charge is 2.59. The highest BCUT2D eigenvalue weighted by molar-refractivity contribution is 5.70. The van der Waals surface area contributed by atoms with Crippen LogP contribution in [0.2, 0.25) is 0 Å². The Labute approximate surface area is 130 Å². The van der Waals surface area contributed by atoms with Gasteiger partial charge in [-0.05, 0) is 67.1 Å². The molecule has 116 valence electrons. The minimum Gasteiger partial charge on any atom is -0.481 e. The molecule has 4 aliphatic carbocycles. The Hall–Kier alpha value is -1.64. The van der Waals surface area contributed by atoms with Gasteiger partial charge in [-0.25, -0.2) is 4.39 Å². The van der Waals surface area contributed by atoms with Crippen LogP contribution < -0.4 is 0 Å². The predicted octanol–water partition coefficient (Wildman–Crippen LogP) is 4.16. The van der Waals surface area contributed by atoms with Crippen molar-refractivity contribution in [2.24, 2.45) is 23.7 Å². The summed E-state index contributed by atoms with van der Waals surface area (Å²) >= 11 is 0. The van der Waals surface area contributed by atoms with Crippen molar-refractivity contribution in [1.82, 2.24) is 0 Å². The van der Waals surface area contributed by atoms with Crippen molar-refractivity contribution >= 4 is 5.97 Å². The highest BCUT2D eigenvalue weighted by atomic mass is 19.1. The van der Waals surface area contributed by atoms with E-state index >= 15 is 0 Å². The minimum atomic E-state index is -0.760. The van der Waals surface area contributed by atoms with Crippen molar-refractivity contribution in [3.63, 3.8) is 0 Å². The molecular weight excluding hydrogens is 279 g/mol. The number of halogens is 1. The Balaban J connectivity index is 1.86. The summed E-state index contributed by atoms with van der Waals surface area (Å²) in [6.45, 7) is 4.33. The van der Waals surface area contributed by atoms with Gasteiger partial charge in [-0.3, -0.25) is 4.79 Å². The molecule has 22 heavy (non-hydrogen) atoms. The normalized spacial score (nSPS) is 39.2. The summed E-state index contributed by atoms with van der Waals surface area (Å²) in [4.78, 5) is 11.6. The molecule has 4 unspecified atom stereocenters. The second-order valence-electron chi connectivity index (χ2n) is 7.45. The van der Waals surface area contributed by atoms with Crippen LogP contribution in [0.5, 0.6) is 0 Å². The molecule has 0 aliphatic heterocycles. The summed E-state index contributed by atoms with van der Waals surface area (Å²) in [6.07, 6.45) is 4.59. The fourth-order valence-corrected chi connectivity index (χ4v) is 5.76.